The lowest BCUT2D eigenvalue weighted by molar-refractivity contribution is 0.0876. The molecule has 0 aliphatic rings. The number of nitrogens with two attached hydrogens (primary N) is 1. The van der Waals surface area contributed by atoms with Gasteiger partial charge in [-0.2, -0.15) is 0 Å². The predicted molar refractivity (Wildman–Crippen MR) is 78.1 cm³/mol. The zero-order valence-corrected chi connectivity index (χ0v) is 12.1. The lowest BCUT2D eigenvalue weighted by Gasteiger charge is -2.31. The van der Waals surface area contributed by atoms with Gasteiger partial charge >= 0.3 is 0 Å². The number of anilines is 1. The third kappa shape index (κ3) is 4.01. The summed E-state index contributed by atoms with van der Waals surface area (Å²) in [7, 11) is 0. The minimum atomic E-state index is -0.860. The van der Waals surface area contributed by atoms with E-state index in [2.05, 4.69) is 5.16 Å². The van der Waals surface area contributed by atoms with Crippen molar-refractivity contribution < 1.29 is 10.3 Å². The third-order valence-corrected chi connectivity index (χ3v) is 2.97. The summed E-state index contributed by atoms with van der Waals surface area (Å²) < 4.78 is 0. The molecule has 0 fully saturated rings. The molecule has 0 atom stereocenters. The van der Waals surface area contributed by atoms with Gasteiger partial charge in [-0.05, 0) is 32.9 Å². The summed E-state index contributed by atoms with van der Waals surface area (Å²) in [4.78, 5) is 1.93. The van der Waals surface area contributed by atoms with Crippen molar-refractivity contribution in [1.82, 2.24) is 0 Å². The van der Waals surface area contributed by atoms with Crippen LogP contribution in [0.15, 0.2) is 23.4 Å². The average Bonchev–Trinajstić information content (AvgIpc) is 2.33. The Kier molecular flexibility index (Phi) is 5.03. The fraction of sp³-hybridized carbons (Fsp3) is 0.462. The molecule has 0 bridgehead atoms. The molecule has 1 rings (SSSR count). The third-order valence-electron chi connectivity index (χ3n) is 2.66. The highest BCUT2D eigenvalue weighted by Crippen LogP contribution is 2.28. The van der Waals surface area contributed by atoms with Crippen LogP contribution in [-0.4, -0.2) is 34.8 Å². The molecular formula is C13H20ClN3O2. The Morgan fingerprint density at radius 1 is 1.47 bits per heavy atom. The van der Waals surface area contributed by atoms with Crippen LogP contribution >= 0.6 is 11.6 Å². The Morgan fingerprint density at radius 2 is 2.11 bits per heavy atom. The number of hydrogen-bond acceptors (Lipinski definition) is 4. The molecule has 0 aliphatic heterocycles. The van der Waals surface area contributed by atoms with Gasteiger partial charge in [-0.3, -0.25) is 0 Å². The summed E-state index contributed by atoms with van der Waals surface area (Å²) in [5.74, 6) is -0.0465. The van der Waals surface area contributed by atoms with Crippen LogP contribution in [0, 0.1) is 0 Å². The molecule has 0 saturated carbocycles. The van der Waals surface area contributed by atoms with Gasteiger partial charge in [0.1, 0.15) is 0 Å². The molecule has 0 spiro atoms. The van der Waals surface area contributed by atoms with Gasteiger partial charge in [0.2, 0.25) is 0 Å². The van der Waals surface area contributed by atoms with Crippen LogP contribution in [0.5, 0.6) is 0 Å². The zero-order chi connectivity index (χ0) is 14.6. The number of rotatable bonds is 5. The van der Waals surface area contributed by atoms with Gasteiger partial charge in [-0.15, -0.1) is 0 Å². The van der Waals surface area contributed by atoms with Crippen LogP contribution in [0.3, 0.4) is 0 Å². The van der Waals surface area contributed by atoms with Crippen molar-refractivity contribution in [3.8, 4) is 0 Å². The van der Waals surface area contributed by atoms with Crippen molar-refractivity contribution >= 4 is 23.1 Å². The topological polar surface area (TPSA) is 82.1 Å². The number of oxime groups is 1. The minimum absolute atomic E-state index is 0.0465. The highest BCUT2D eigenvalue weighted by Gasteiger charge is 2.21. The van der Waals surface area contributed by atoms with Crippen LogP contribution in [-0.2, 0) is 0 Å². The van der Waals surface area contributed by atoms with E-state index in [4.69, 9.17) is 22.5 Å². The number of benzene rings is 1. The zero-order valence-electron chi connectivity index (χ0n) is 11.4. The summed E-state index contributed by atoms with van der Waals surface area (Å²) in [6, 6.07) is 5.30. The van der Waals surface area contributed by atoms with E-state index in [0.29, 0.717) is 23.7 Å². The highest BCUT2D eigenvalue weighted by atomic mass is 35.5. The van der Waals surface area contributed by atoms with Gasteiger partial charge < -0.3 is 20.9 Å². The maximum atomic E-state index is 9.95. The largest absolute Gasteiger partial charge is 0.409 e. The first-order valence-electron chi connectivity index (χ1n) is 6.04. The molecule has 0 saturated heterocycles. The molecular weight excluding hydrogens is 266 g/mol. The molecule has 0 radical (unpaired) electrons. The summed E-state index contributed by atoms with van der Waals surface area (Å²) in [5, 5.41) is 22.2. The molecule has 19 heavy (non-hydrogen) atoms. The van der Waals surface area contributed by atoms with Crippen molar-refractivity contribution in [2.45, 2.75) is 26.4 Å². The molecule has 5 nitrogen and oxygen atoms in total. The molecule has 6 heteroatoms. The van der Waals surface area contributed by atoms with E-state index in [1.165, 1.54) is 0 Å². The van der Waals surface area contributed by atoms with E-state index >= 15 is 0 Å². The smallest absolute Gasteiger partial charge is 0.173 e. The minimum Gasteiger partial charge on any atom is -0.409 e. The molecule has 0 amide bonds. The van der Waals surface area contributed by atoms with Gasteiger partial charge in [0.25, 0.3) is 0 Å². The van der Waals surface area contributed by atoms with E-state index in [9.17, 15) is 5.11 Å². The van der Waals surface area contributed by atoms with Crippen LogP contribution in [0.4, 0.5) is 5.69 Å². The van der Waals surface area contributed by atoms with Crippen LogP contribution in [0.25, 0.3) is 0 Å². The van der Waals surface area contributed by atoms with Crippen LogP contribution in [0.1, 0.15) is 26.3 Å². The first kappa shape index (κ1) is 15.6. The molecule has 1 aromatic rings. The van der Waals surface area contributed by atoms with Crippen molar-refractivity contribution in [2.75, 3.05) is 18.0 Å². The lowest BCUT2D eigenvalue weighted by atomic mass is 10.1. The quantitative estimate of drug-likeness (QED) is 0.335. The molecule has 0 heterocycles. The van der Waals surface area contributed by atoms with Gasteiger partial charge in [-0.25, -0.2) is 0 Å². The van der Waals surface area contributed by atoms with E-state index in [1.807, 2.05) is 17.9 Å². The van der Waals surface area contributed by atoms with Crippen LogP contribution in [0.2, 0.25) is 5.02 Å². The lowest BCUT2D eigenvalue weighted by Crippen LogP contribution is -2.39. The maximum Gasteiger partial charge on any atom is 0.173 e. The molecule has 0 aliphatic carbocycles. The maximum absolute atomic E-state index is 9.95. The Hall–Kier alpha value is -1.46. The number of aliphatic hydroxyl groups is 1. The monoisotopic (exact) mass is 285 g/mol. The molecule has 4 N–H and O–H groups in total. The second-order valence-electron chi connectivity index (χ2n) is 4.95. The fourth-order valence-corrected chi connectivity index (χ4v) is 2.18. The molecule has 1 aromatic carbocycles. The van der Waals surface area contributed by atoms with Crippen molar-refractivity contribution in [1.29, 1.82) is 0 Å². The number of nitrogens with zero attached hydrogens (tertiary/aromatic N) is 2. The highest BCUT2D eigenvalue weighted by molar-refractivity contribution is 6.34. The fourth-order valence-electron chi connectivity index (χ4n) is 1.91. The van der Waals surface area contributed by atoms with Crippen molar-refractivity contribution in [2.24, 2.45) is 10.9 Å². The van der Waals surface area contributed by atoms with E-state index in [1.54, 1.807) is 26.0 Å². The second-order valence-corrected chi connectivity index (χ2v) is 5.35. The number of amidine groups is 1. The first-order chi connectivity index (χ1) is 8.80. The van der Waals surface area contributed by atoms with Gasteiger partial charge in [0.15, 0.2) is 5.84 Å². The second kappa shape index (κ2) is 6.12. The van der Waals surface area contributed by atoms with E-state index in [-0.39, 0.29) is 5.84 Å². The Labute approximate surface area is 118 Å². The average molecular weight is 286 g/mol. The molecule has 106 valence electrons. The van der Waals surface area contributed by atoms with Crippen LogP contribution < -0.4 is 10.6 Å². The van der Waals surface area contributed by atoms with Crippen molar-refractivity contribution in [3.63, 3.8) is 0 Å². The molecule has 0 unspecified atom stereocenters. The van der Waals surface area contributed by atoms with Gasteiger partial charge in [-0.1, -0.05) is 22.8 Å². The Balaban J connectivity index is 3.28. The summed E-state index contributed by atoms with van der Waals surface area (Å²) >= 11 is 6.11. The Bertz CT molecular complexity index is 469. The SMILES string of the molecule is CCN(CC(C)(C)O)c1cccc(Cl)c1C(N)=NO. The standard InChI is InChI=1S/C13H20ClN3O2/c1-4-17(8-13(2,3)18)10-7-5-6-9(14)11(10)12(15)16-19/h5-7,18-19H,4,8H2,1-3H3,(H2,15,16). The van der Waals surface area contributed by atoms with Gasteiger partial charge in [0, 0.05) is 18.8 Å². The number of hydrogen-bond donors (Lipinski definition) is 3. The summed E-state index contributed by atoms with van der Waals surface area (Å²) in [5.41, 5.74) is 6.02. The summed E-state index contributed by atoms with van der Waals surface area (Å²) in [6.07, 6.45) is 0. The first-order valence-corrected chi connectivity index (χ1v) is 6.41. The van der Waals surface area contributed by atoms with Gasteiger partial charge in [0.05, 0.1) is 16.2 Å². The number of likely N-dealkylation sites (N-methyl/N-ethyl adjacent to an activating group) is 1. The predicted octanol–water partition coefficient (Wildman–Crippen LogP) is 2.03. The van der Waals surface area contributed by atoms with E-state index < -0.39 is 5.60 Å². The number of halogens is 1. The van der Waals surface area contributed by atoms with E-state index in [0.717, 1.165) is 5.69 Å². The Morgan fingerprint density at radius 3 is 2.58 bits per heavy atom. The summed E-state index contributed by atoms with van der Waals surface area (Å²) in [6.45, 7) is 6.49. The normalized spacial score (nSPS) is 12.6. The molecule has 0 aromatic heterocycles. The van der Waals surface area contributed by atoms with Crippen molar-refractivity contribution in [3.05, 3.63) is 28.8 Å².